The first-order valence-corrected chi connectivity index (χ1v) is 10.5. The number of carbonyl (C=O) groups excluding carboxylic acids is 2. The number of hydrogen-bond donors (Lipinski definition) is 4. The predicted molar refractivity (Wildman–Crippen MR) is 118 cm³/mol. The maximum atomic E-state index is 14.2. The van der Waals surface area contributed by atoms with Crippen LogP contribution in [0.4, 0.5) is 28.4 Å². The third-order valence-electron chi connectivity index (χ3n) is 5.03. The van der Waals surface area contributed by atoms with Crippen LogP contribution in [-0.4, -0.2) is 58.4 Å². The number of ether oxygens (including phenoxy) is 1. The van der Waals surface area contributed by atoms with Crippen LogP contribution in [0.3, 0.4) is 0 Å². The standard InChI is InChI=1S/C21H25F3N6O5/c1-10(2)27-16(31)11-6-5-7-12(21(22,23)24)14(11)30-15(25)13(35-19(33)34)8-26-17(30)29-9-20(3,4)28-18(29)32/h5-8,10,15H,9,25H2,1-4H3,(H,27,31)(H,28,32)(H,33,34). The summed E-state index contributed by atoms with van der Waals surface area (Å²) in [5, 5.41) is 14.3. The summed E-state index contributed by atoms with van der Waals surface area (Å²) in [5.74, 6) is -1.69. The van der Waals surface area contributed by atoms with Crippen molar-refractivity contribution >= 4 is 29.7 Å². The lowest BCUT2D eigenvalue weighted by molar-refractivity contribution is -0.137. The highest BCUT2D eigenvalue weighted by Gasteiger charge is 2.46. The molecule has 11 nitrogen and oxygen atoms in total. The molecule has 3 amide bonds. The van der Waals surface area contributed by atoms with Crippen molar-refractivity contribution in [3.63, 3.8) is 0 Å². The Bertz CT molecular complexity index is 1120. The number of aliphatic imine (C=N–C) groups is 1. The van der Waals surface area contributed by atoms with Gasteiger partial charge in [-0.2, -0.15) is 13.2 Å². The Morgan fingerprint density at radius 2 is 2.00 bits per heavy atom. The molecule has 0 bridgehead atoms. The van der Waals surface area contributed by atoms with Crippen LogP contribution in [0.25, 0.3) is 0 Å². The molecule has 0 saturated carbocycles. The summed E-state index contributed by atoms with van der Waals surface area (Å²) >= 11 is 0. The van der Waals surface area contributed by atoms with E-state index in [9.17, 15) is 27.6 Å². The van der Waals surface area contributed by atoms with Crippen LogP contribution in [0.15, 0.2) is 35.2 Å². The first kappa shape index (κ1) is 25.8. The van der Waals surface area contributed by atoms with Crippen LogP contribution >= 0.6 is 0 Å². The number of anilines is 1. The zero-order chi connectivity index (χ0) is 26.3. The number of hydrogen-bond acceptors (Lipinski definition) is 7. The van der Waals surface area contributed by atoms with Crippen molar-refractivity contribution in [3.8, 4) is 0 Å². The molecule has 3 rings (SSSR count). The van der Waals surface area contributed by atoms with E-state index in [1.807, 2.05) is 0 Å². The maximum Gasteiger partial charge on any atom is 0.511 e. The topological polar surface area (TPSA) is 150 Å². The Morgan fingerprint density at radius 3 is 2.51 bits per heavy atom. The summed E-state index contributed by atoms with van der Waals surface area (Å²) in [7, 11) is 0. The van der Waals surface area contributed by atoms with Gasteiger partial charge in [-0.3, -0.25) is 14.6 Å². The van der Waals surface area contributed by atoms with Gasteiger partial charge in [0.05, 0.1) is 35.1 Å². The minimum Gasteiger partial charge on any atom is -0.449 e. The number of nitrogens with one attached hydrogen (secondary N) is 2. The number of nitrogens with zero attached hydrogens (tertiary/aromatic N) is 3. The van der Waals surface area contributed by atoms with Gasteiger partial charge in [0.1, 0.15) is 6.17 Å². The Hall–Kier alpha value is -3.81. The summed E-state index contributed by atoms with van der Waals surface area (Å²) in [6, 6.07) is 1.89. The van der Waals surface area contributed by atoms with Gasteiger partial charge in [-0.15, -0.1) is 0 Å². The molecule has 1 saturated heterocycles. The van der Waals surface area contributed by atoms with Crippen molar-refractivity contribution in [2.45, 2.75) is 51.6 Å². The van der Waals surface area contributed by atoms with Gasteiger partial charge in [0.15, 0.2) is 5.76 Å². The number of carboxylic acid groups (broad SMARTS) is 1. The number of para-hydroxylation sites is 1. The highest BCUT2D eigenvalue weighted by atomic mass is 19.4. The molecule has 2 aliphatic heterocycles. The Kier molecular flexibility index (Phi) is 6.70. The Labute approximate surface area is 198 Å². The monoisotopic (exact) mass is 498 g/mol. The molecule has 0 spiro atoms. The van der Waals surface area contributed by atoms with Crippen LogP contribution in [0.1, 0.15) is 43.6 Å². The largest absolute Gasteiger partial charge is 0.511 e. The molecule has 0 aromatic heterocycles. The van der Waals surface area contributed by atoms with E-state index >= 15 is 0 Å². The minimum absolute atomic E-state index is 0.00143. The summed E-state index contributed by atoms with van der Waals surface area (Å²) < 4.78 is 47.2. The average Bonchev–Trinajstić information content (AvgIpc) is 2.99. The molecule has 1 aromatic carbocycles. The zero-order valence-corrected chi connectivity index (χ0v) is 19.3. The SMILES string of the molecule is CC(C)NC(=O)c1cccc(C(F)(F)F)c1N1C(N2CC(C)(C)NC2=O)=NC=C(OC(=O)O)C1N. The number of rotatable bonds is 4. The van der Waals surface area contributed by atoms with E-state index in [1.54, 1.807) is 27.7 Å². The van der Waals surface area contributed by atoms with Crippen molar-refractivity contribution in [3.05, 3.63) is 41.3 Å². The van der Waals surface area contributed by atoms with Gasteiger partial charge in [-0.25, -0.2) is 14.6 Å². The first-order valence-electron chi connectivity index (χ1n) is 10.5. The molecule has 190 valence electrons. The second kappa shape index (κ2) is 9.09. The fourth-order valence-electron chi connectivity index (χ4n) is 3.72. The van der Waals surface area contributed by atoms with Gasteiger partial charge in [0.25, 0.3) is 5.91 Å². The number of halogens is 3. The van der Waals surface area contributed by atoms with Crippen molar-refractivity contribution in [2.24, 2.45) is 10.7 Å². The quantitative estimate of drug-likeness (QED) is 0.466. The lowest BCUT2D eigenvalue weighted by Crippen LogP contribution is -2.57. The van der Waals surface area contributed by atoms with Gasteiger partial charge >= 0.3 is 18.4 Å². The van der Waals surface area contributed by atoms with E-state index in [-0.39, 0.29) is 12.5 Å². The fraction of sp³-hybridized carbons (Fsp3) is 0.429. The number of amides is 3. The molecular formula is C21H25F3N6O5. The zero-order valence-electron chi connectivity index (χ0n) is 19.3. The van der Waals surface area contributed by atoms with Crippen molar-refractivity contribution in [1.29, 1.82) is 0 Å². The van der Waals surface area contributed by atoms with E-state index < -0.39 is 64.6 Å². The maximum absolute atomic E-state index is 14.2. The summed E-state index contributed by atoms with van der Waals surface area (Å²) in [5.41, 5.74) is 3.06. The molecule has 0 radical (unpaired) electrons. The number of benzene rings is 1. The number of urea groups is 1. The van der Waals surface area contributed by atoms with Crippen molar-refractivity contribution in [2.75, 3.05) is 11.4 Å². The van der Waals surface area contributed by atoms with E-state index in [1.165, 1.54) is 0 Å². The highest BCUT2D eigenvalue weighted by Crippen LogP contribution is 2.41. The normalized spacial score (nSPS) is 19.8. The summed E-state index contributed by atoms with van der Waals surface area (Å²) in [6.45, 7) is 6.64. The Morgan fingerprint density at radius 1 is 1.34 bits per heavy atom. The molecule has 1 atom stereocenters. The summed E-state index contributed by atoms with van der Waals surface area (Å²) in [6.07, 6.45) is -7.49. The van der Waals surface area contributed by atoms with Crippen LogP contribution in [0.5, 0.6) is 0 Å². The lowest BCUT2D eigenvalue weighted by atomic mass is 10.0. The molecule has 0 aliphatic carbocycles. The van der Waals surface area contributed by atoms with Crippen LogP contribution in [-0.2, 0) is 10.9 Å². The van der Waals surface area contributed by atoms with Gasteiger partial charge < -0.3 is 26.2 Å². The lowest BCUT2D eigenvalue weighted by Gasteiger charge is -2.39. The number of guanidine groups is 1. The molecule has 5 N–H and O–H groups in total. The summed E-state index contributed by atoms with van der Waals surface area (Å²) in [4.78, 5) is 42.7. The van der Waals surface area contributed by atoms with Gasteiger partial charge in [-0.1, -0.05) is 6.07 Å². The highest BCUT2D eigenvalue weighted by molar-refractivity contribution is 6.12. The van der Waals surface area contributed by atoms with Gasteiger partial charge in [-0.05, 0) is 39.8 Å². The van der Waals surface area contributed by atoms with E-state index in [0.717, 1.165) is 34.2 Å². The minimum atomic E-state index is -4.95. The van der Waals surface area contributed by atoms with Crippen LogP contribution in [0, 0.1) is 0 Å². The molecule has 1 aromatic rings. The number of nitrogens with two attached hydrogens (primary N) is 1. The van der Waals surface area contributed by atoms with E-state index in [2.05, 4.69) is 20.4 Å². The molecule has 2 heterocycles. The van der Waals surface area contributed by atoms with Gasteiger partial charge in [0.2, 0.25) is 5.96 Å². The number of alkyl halides is 3. The molecular weight excluding hydrogens is 473 g/mol. The van der Waals surface area contributed by atoms with Crippen molar-refractivity contribution < 1.29 is 37.4 Å². The smallest absolute Gasteiger partial charge is 0.449 e. The second-order valence-electron chi connectivity index (χ2n) is 8.87. The Balaban J connectivity index is 2.28. The third kappa shape index (κ3) is 5.31. The van der Waals surface area contributed by atoms with Crippen LogP contribution in [0.2, 0.25) is 0 Å². The molecule has 1 fully saturated rings. The van der Waals surface area contributed by atoms with Crippen LogP contribution < -0.4 is 21.3 Å². The molecule has 2 aliphatic rings. The molecule has 14 heteroatoms. The van der Waals surface area contributed by atoms with E-state index in [4.69, 9.17) is 10.8 Å². The van der Waals surface area contributed by atoms with E-state index in [0.29, 0.717) is 0 Å². The molecule has 35 heavy (non-hydrogen) atoms. The predicted octanol–water partition coefficient (Wildman–Crippen LogP) is 2.64. The van der Waals surface area contributed by atoms with Crippen molar-refractivity contribution in [1.82, 2.24) is 15.5 Å². The third-order valence-corrected chi connectivity index (χ3v) is 5.03. The fourth-order valence-corrected chi connectivity index (χ4v) is 3.72. The number of carbonyl (C=O) groups is 3. The molecule has 1 unspecified atom stereocenters. The van der Waals surface area contributed by atoms with Gasteiger partial charge in [0, 0.05) is 6.04 Å². The second-order valence-corrected chi connectivity index (χ2v) is 8.87. The average molecular weight is 498 g/mol. The first-order chi connectivity index (χ1) is 16.1.